The third-order valence-electron chi connectivity index (χ3n) is 6.01. The van der Waals surface area contributed by atoms with Gasteiger partial charge in [0, 0.05) is 43.7 Å². The van der Waals surface area contributed by atoms with Crippen molar-refractivity contribution in [3.63, 3.8) is 0 Å². The van der Waals surface area contributed by atoms with Crippen molar-refractivity contribution in [2.45, 2.75) is 27.1 Å². The lowest BCUT2D eigenvalue weighted by molar-refractivity contribution is 0.0964. The van der Waals surface area contributed by atoms with Crippen molar-refractivity contribution >= 4 is 22.2 Å². The van der Waals surface area contributed by atoms with Gasteiger partial charge in [-0.25, -0.2) is 9.67 Å². The predicted molar refractivity (Wildman–Crippen MR) is 126 cm³/mol. The van der Waals surface area contributed by atoms with Crippen LogP contribution in [-0.2, 0) is 13.2 Å². The summed E-state index contributed by atoms with van der Waals surface area (Å²) in [5.41, 5.74) is 3.10. The average molecular weight is 467 g/mol. The molecule has 0 aliphatic carbocycles. The van der Waals surface area contributed by atoms with Crippen LogP contribution in [0.25, 0.3) is 21.5 Å². The Morgan fingerprint density at radius 2 is 1.82 bits per heavy atom. The van der Waals surface area contributed by atoms with E-state index in [-0.39, 0.29) is 5.56 Å². The van der Waals surface area contributed by atoms with E-state index in [9.17, 15) is 4.79 Å². The van der Waals surface area contributed by atoms with E-state index in [2.05, 4.69) is 25.4 Å². The molecule has 1 saturated heterocycles. The molecule has 5 rings (SSSR count). The maximum Gasteiger partial charge on any atom is 0.298 e. The summed E-state index contributed by atoms with van der Waals surface area (Å²) in [7, 11) is 1.67. The number of methoxy groups -OCH3 is 1. The van der Waals surface area contributed by atoms with Gasteiger partial charge in [-0.3, -0.25) is 14.6 Å². The van der Waals surface area contributed by atoms with Gasteiger partial charge in [0.2, 0.25) is 0 Å². The van der Waals surface area contributed by atoms with Gasteiger partial charge in [-0.05, 0) is 38.1 Å². The van der Waals surface area contributed by atoms with E-state index in [0.29, 0.717) is 17.9 Å². The summed E-state index contributed by atoms with van der Waals surface area (Å²) in [4.78, 5) is 22.2. The molecule has 9 nitrogen and oxygen atoms in total. The highest BCUT2D eigenvalue weighted by atomic mass is 32.1. The van der Waals surface area contributed by atoms with Gasteiger partial charge in [0.05, 0.1) is 30.6 Å². The van der Waals surface area contributed by atoms with Gasteiger partial charge in [-0.1, -0.05) is 5.16 Å². The number of benzene rings is 1. The lowest BCUT2D eigenvalue weighted by atomic mass is 10.2. The summed E-state index contributed by atoms with van der Waals surface area (Å²) < 4.78 is 11.9. The fourth-order valence-corrected chi connectivity index (χ4v) is 5.01. The van der Waals surface area contributed by atoms with Crippen LogP contribution in [0.4, 0.5) is 0 Å². The van der Waals surface area contributed by atoms with Gasteiger partial charge < -0.3 is 9.26 Å². The van der Waals surface area contributed by atoms with Crippen LogP contribution in [0.15, 0.2) is 39.0 Å². The summed E-state index contributed by atoms with van der Waals surface area (Å²) in [5, 5.41) is 12.3. The van der Waals surface area contributed by atoms with Gasteiger partial charge in [-0.15, -0.1) is 11.3 Å². The zero-order valence-corrected chi connectivity index (χ0v) is 19.8. The Kier molecular flexibility index (Phi) is 5.96. The van der Waals surface area contributed by atoms with E-state index in [1.54, 1.807) is 25.4 Å². The first-order valence-corrected chi connectivity index (χ1v) is 11.8. The molecule has 3 aromatic heterocycles. The van der Waals surface area contributed by atoms with Gasteiger partial charge in [0.1, 0.15) is 16.5 Å². The van der Waals surface area contributed by atoms with Crippen molar-refractivity contribution in [3.05, 3.63) is 57.1 Å². The summed E-state index contributed by atoms with van der Waals surface area (Å²) in [6.07, 6.45) is 0. The number of hydrogen-bond acceptors (Lipinski definition) is 9. The Balaban J connectivity index is 1.19. The smallest absolute Gasteiger partial charge is 0.298 e. The number of nitrogens with zero attached hydrogens (tertiary/aromatic N) is 6. The van der Waals surface area contributed by atoms with Crippen LogP contribution in [-0.4, -0.2) is 63.0 Å². The largest absolute Gasteiger partial charge is 0.497 e. The number of ether oxygens (including phenoxy) is 1. The molecule has 0 N–H and O–H groups in total. The van der Waals surface area contributed by atoms with Gasteiger partial charge in [0.25, 0.3) is 5.56 Å². The number of aryl methyl sites for hydroxylation is 2. The third-order valence-corrected chi connectivity index (χ3v) is 6.95. The molecule has 1 fully saturated rings. The zero-order valence-electron chi connectivity index (χ0n) is 18.9. The van der Waals surface area contributed by atoms with Crippen molar-refractivity contribution in [1.82, 2.24) is 29.7 Å². The van der Waals surface area contributed by atoms with Gasteiger partial charge in [0.15, 0.2) is 5.52 Å². The molecule has 4 heterocycles. The molecule has 33 heavy (non-hydrogen) atoms. The first-order valence-electron chi connectivity index (χ1n) is 10.9. The fourth-order valence-electron chi connectivity index (χ4n) is 4.19. The lowest BCUT2D eigenvalue weighted by Gasteiger charge is -2.34. The molecular formula is C23H26N6O3S. The quantitative estimate of drug-likeness (QED) is 0.429. The third kappa shape index (κ3) is 4.41. The summed E-state index contributed by atoms with van der Waals surface area (Å²) in [6, 6.07) is 7.99. The molecule has 0 bridgehead atoms. The number of hydrogen-bond donors (Lipinski definition) is 0. The Hall–Kier alpha value is -3.08. The maximum atomic E-state index is 12.8. The molecule has 0 unspecified atom stereocenters. The lowest BCUT2D eigenvalue weighted by Crippen LogP contribution is -2.47. The minimum atomic E-state index is -0.205. The minimum Gasteiger partial charge on any atom is -0.497 e. The van der Waals surface area contributed by atoms with Crippen LogP contribution < -0.4 is 10.3 Å². The Labute approximate surface area is 195 Å². The monoisotopic (exact) mass is 466 g/mol. The van der Waals surface area contributed by atoms with Crippen LogP contribution in [0.1, 0.15) is 17.1 Å². The van der Waals surface area contributed by atoms with E-state index < -0.39 is 0 Å². The molecule has 172 valence electrons. The molecule has 0 radical (unpaired) electrons. The first kappa shape index (κ1) is 21.7. The molecule has 1 aromatic carbocycles. The normalized spacial score (nSPS) is 15.4. The number of piperazine rings is 1. The summed E-state index contributed by atoms with van der Waals surface area (Å²) in [5.74, 6) is 1.47. The van der Waals surface area contributed by atoms with Crippen LogP contribution in [0.3, 0.4) is 0 Å². The minimum absolute atomic E-state index is 0.205. The summed E-state index contributed by atoms with van der Waals surface area (Å²) >= 11 is 1.66. The van der Waals surface area contributed by atoms with E-state index in [1.165, 1.54) is 4.68 Å². The van der Waals surface area contributed by atoms with Crippen LogP contribution in [0.5, 0.6) is 5.75 Å². The Morgan fingerprint density at radius 1 is 1.09 bits per heavy atom. The van der Waals surface area contributed by atoms with Crippen LogP contribution >= 0.6 is 11.3 Å². The van der Waals surface area contributed by atoms with E-state index in [4.69, 9.17) is 14.2 Å². The summed E-state index contributed by atoms with van der Waals surface area (Å²) in [6.45, 7) is 8.50. The second kappa shape index (κ2) is 9.05. The highest BCUT2D eigenvalue weighted by Crippen LogP contribution is 2.26. The maximum absolute atomic E-state index is 12.8. The number of rotatable bonds is 6. The molecule has 10 heteroatoms. The molecule has 4 aromatic rings. The topological polar surface area (TPSA) is 89.5 Å². The SMILES string of the molecule is COc1ccc(-c2nc(CN3CCN(Cn4nc(C)c5c(C)onc5c4=O)CC3)cs2)cc1. The van der Waals surface area contributed by atoms with Gasteiger partial charge >= 0.3 is 0 Å². The van der Waals surface area contributed by atoms with E-state index in [1.807, 2.05) is 31.2 Å². The number of thiazole rings is 1. The van der Waals surface area contributed by atoms with Crippen molar-refractivity contribution in [1.29, 1.82) is 0 Å². The Bertz CT molecular complexity index is 1320. The van der Waals surface area contributed by atoms with Crippen molar-refractivity contribution in [2.24, 2.45) is 0 Å². The second-order valence-corrected chi connectivity index (χ2v) is 9.12. The van der Waals surface area contributed by atoms with Crippen molar-refractivity contribution < 1.29 is 9.26 Å². The van der Waals surface area contributed by atoms with Crippen LogP contribution in [0, 0.1) is 13.8 Å². The molecular weight excluding hydrogens is 440 g/mol. The van der Waals surface area contributed by atoms with Crippen molar-refractivity contribution in [3.8, 4) is 16.3 Å². The first-order chi connectivity index (χ1) is 16.0. The van der Waals surface area contributed by atoms with E-state index in [0.717, 1.165) is 65.8 Å². The number of fused-ring (bicyclic) bond motifs is 1. The molecule has 0 saturated carbocycles. The van der Waals surface area contributed by atoms with Crippen molar-refractivity contribution in [2.75, 3.05) is 33.3 Å². The molecule has 0 atom stereocenters. The highest BCUT2D eigenvalue weighted by Gasteiger charge is 2.21. The van der Waals surface area contributed by atoms with Gasteiger partial charge in [-0.2, -0.15) is 5.10 Å². The standard InChI is InChI=1S/C23H26N6O3S/c1-15-20-16(2)32-26-21(20)23(30)29(25-15)14-28-10-8-27(9-11-28)12-18-13-33-22(24-18)17-4-6-19(31-3)7-5-17/h4-7,13H,8-12,14H2,1-3H3. The average Bonchev–Trinajstić information content (AvgIpc) is 3.46. The molecule has 0 spiro atoms. The molecule has 1 aliphatic rings. The number of aromatic nitrogens is 4. The molecule has 0 amide bonds. The van der Waals surface area contributed by atoms with Crippen LogP contribution in [0.2, 0.25) is 0 Å². The zero-order chi connectivity index (χ0) is 22.9. The molecule has 1 aliphatic heterocycles. The van der Waals surface area contributed by atoms with E-state index >= 15 is 0 Å². The highest BCUT2D eigenvalue weighted by molar-refractivity contribution is 7.13. The predicted octanol–water partition coefficient (Wildman–Crippen LogP) is 2.91. The fraction of sp³-hybridized carbons (Fsp3) is 0.391. The second-order valence-electron chi connectivity index (χ2n) is 8.26. The Morgan fingerprint density at radius 3 is 2.55 bits per heavy atom.